The molecular weight excluding hydrogens is 298 g/mol. The molecule has 128 valence electrons. The SMILES string of the molecule is C=C(CC(=O)OC1CCOCC1)C(=O)OC1[C@@H]2CC[C@H]1CNC2. The van der Waals surface area contributed by atoms with E-state index < -0.39 is 11.9 Å². The van der Waals surface area contributed by atoms with Gasteiger partial charge < -0.3 is 19.5 Å². The third kappa shape index (κ3) is 4.12. The monoisotopic (exact) mass is 323 g/mol. The summed E-state index contributed by atoms with van der Waals surface area (Å²) < 4.78 is 16.2. The van der Waals surface area contributed by atoms with E-state index in [1.54, 1.807) is 0 Å². The molecule has 0 radical (unpaired) electrons. The molecule has 6 nitrogen and oxygen atoms in total. The quantitative estimate of drug-likeness (QED) is 0.605. The van der Waals surface area contributed by atoms with Gasteiger partial charge in [-0.3, -0.25) is 4.79 Å². The Balaban J connectivity index is 1.44. The minimum atomic E-state index is -0.460. The molecule has 23 heavy (non-hydrogen) atoms. The number of rotatable bonds is 5. The van der Waals surface area contributed by atoms with Crippen molar-refractivity contribution in [2.45, 2.75) is 44.3 Å². The Morgan fingerprint density at radius 3 is 2.35 bits per heavy atom. The lowest BCUT2D eigenvalue weighted by Gasteiger charge is -2.30. The molecule has 2 aliphatic heterocycles. The summed E-state index contributed by atoms with van der Waals surface area (Å²) in [6.07, 6.45) is 3.35. The van der Waals surface area contributed by atoms with Crippen molar-refractivity contribution in [3.63, 3.8) is 0 Å². The lowest BCUT2D eigenvalue weighted by atomic mass is 9.96. The number of fused-ring (bicyclic) bond motifs is 2. The highest BCUT2D eigenvalue weighted by molar-refractivity contribution is 5.93. The molecule has 3 aliphatic rings. The van der Waals surface area contributed by atoms with Gasteiger partial charge in [-0.05, 0) is 12.8 Å². The molecule has 3 atom stereocenters. The topological polar surface area (TPSA) is 73.9 Å². The molecule has 0 aromatic heterocycles. The van der Waals surface area contributed by atoms with E-state index in [2.05, 4.69) is 11.9 Å². The first-order valence-corrected chi connectivity index (χ1v) is 8.50. The summed E-state index contributed by atoms with van der Waals surface area (Å²) in [4.78, 5) is 24.1. The molecule has 2 heterocycles. The zero-order valence-corrected chi connectivity index (χ0v) is 13.4. The van der Waals surface area contributed by atoms with E-state index in [-0.39, 0.29) is 24.2 Å². The average Bonchev–Trinajstić information content (AvgIpc) is 2.76. The number of carbonyl (C=O) groups excluding carboxylic acids is 2. The molecule has 0 aromatic rings. The molecule has 1 aliphatic carbocycles. The third-order valence-corrected chi connectivity index (χ3v) is 5.01. The second-order valence-electron chi connectivity index (χ2n) is 6.71. The van der Waals surface area contributed by atoms with Crippen LogP contribution in [-0.4, -0.2) is 50.4 Å². The molecule has 0 amide bonds. The Kier molecular flexibility index (Phi) is 5.33. The number of hydrogen-bond donors (Lipinski definition) is 1. The second-order valence-corrected chi connectivity index (χ2v) is 6.71. The van der Waals surface area contributed by atoms with Crippen molar-refractivity contribution < 1.29 is 23.8 Å². The highest BCUT2D eigenvalue weighted by Crippen LogP contribution is 2.36. The largest absolute Gasteiger partial charge is 0.462 e. The van der Waals surface area contributed by atoms with Gasteiger partial charge in [-0.1, -0.05) is 6.58 Å². The van der Waals surface area contributed by atoms with Gasteiger partial charge in [0.1, 0.15) is 12.2 Å². The molecule has 3 rings (SSSR count). The fourth-order valence-electron chi connectivity index (χ4n) is 3.70. The maximum absolute atomic E-state index is 12.2. The number of esters is 2. The van der Waals surface area contributed by atoms with Gasteiger partial charge in [0.2, 0.25) is 0 Å². The molecule has 1 N–H and O–H groups in total. The van der Waals surface area contributed by atoms with Crippen LogP contribution in [0, 0.1) is 11.8 Å². The number of hydrogen-bond acceptors (Lipinski definition) is 6. The van der Waals surface area contributed by atoms with Crippen molar-refractivity contribution in [1.82, 2.24) is 5.32 Å². The van der Waals surface area contributed by atoms with E-state index in [4.69, 9.17) is 14.2 Å². The van der Waals surface area contributed by atoms with Gasteiger partial charge in [-0.2, -0.15) is 0 Å². The zero-order valence-electron chi connectivity index (χ0n) is 13.4. The second kappa shape index (κ2) is 7.45. The standard InChI is InChI=1S/C17H25NO5/c1-11(8-15(19)22-14-4-6-21-7-5-14)17(20)23-16-12-2-3-13(16)10-18-9-12/h12-14,16,18H,1-10H2/t12-,13+,16?. The lowest BCUT2D eigenvalue weighted by Crippen LogP contribution is -2.44. The van der Waals surface area contributed by atoms with E-state index in [9.17, 15) is 9.59 Å². The van der Waals surface area contributed by atoms with Crippen LogP contribution in [0.15, 0.2) is 12.2 Å². The number of piperidine rings is 1. The first kappa shape index (κ1) is 16.5. The predicted molar refractivity (Wildman–Crippen MR) is 82.7 cm³/mol. The summed E-state index contributed by atoms with van der Waals surface area (Å²) in [5.74, 6) is -0.0933. The Labute approximate surface area is 136 Å². The Hall–Kier alpha value is -1.40. The van der Waals surface area contributed by atoms with Crippen LogP contribution in [0.3, 0.4) is 0 Å². The van der Waals surface area contributed by atoms with E-state index in [1.807, 2.05) is 0 Å². The minimum absolute atomic E-state index is 0.0352. The van der Waals surface area contributed by atoms with Crippen LogP contribution in [0.1, 0.15) is 32.1 Å². The predicted octanol–water partition coefficient (Wildman–Crippen LogP) is 1.20. The van der Waals surface area contributed by atoms with Crippen molar-refractivity contribution >= 4 is 11.9 Å². The summed E-state index contributed by atoms with van der Waals surface area (Å²) in [6.45, 7) is 6.72. The summed E-state index contributed by atoms with van der Waals surface area (Å²) in [6, 6.07) is 0. The van der Waals surface area contributed by atoms with Crippen LogP contribution in [0.4, 0.5) is 0 Å². The number of carbonyl (C=O) groups is 2. The van der Waals surface area contributed by atoms with Gasteiger partial charge in [0.05, 0.1) is 19.6 Å². The van der Waals surface area contributed by atoms with Crippen LogP contribution >= 0.6 is 0 Å². The van der Waals surface area contributed by atoms with Gasteiger partial charge >= 0.3 is 11.9 Å². The number of nitrogens with one attached hydrogen (secondary N) is 1. The first-order valence-electron chi connectivity index (χ1n) is 8.50. The van der Waals surface area contributed by atoms with Crippen LogP contribution in [0.2, 0.25) is 0 Å². The maximum atomic E-state index is 12.2. The van der Waals surface area contributed by atoms with Crippen LogP contribution in [0.25, 0.3) is 0 Å². The van der Waals surface area contributed by atoms with E-state index >= 15 is 0 Å². The van der Waals surface area contributed by atoms with Crippen molar-refractivity contribution in [3.05, 3.63) is 12.2 Å². The fraction of sp³-hybridized carbons (Fsp3) is 0.765. The summed E-state index contributed by atoms with van der Waals surface area (Å²) in [5, 5.41) is 3.36. The molecule has 0 aromatic carbocycles. The normalized spacial score (nSPS) is 30.7. The highest BCUT2D eigenvalue weighted by Gasteiger charge is 2.41. The van der Waals surface area contributed by atoms with Gasteiger partial charge in [0, 0.05) is 43.3 Å². The Bertz CT molecular complexity index is 456. The first-order chi connectivity index (χ1) is 11.1. The molecule has 1 saturated carbocycles. The van der Waals surface area contributed by atoms with Gasteiger partial charge in [0.15, 0.2) is 0 Å². The maximum Gasteiger partial charge on any atom is 0.334 e. The van der Waals surface area contributed by atoms with Crippen molar-refractivity contribution in [2.75, 3.05) is 26.3 Å². The number of ether oxygens (including phenoxy) is 3. The van der Waals surface area contributed by atoms with Crippen molar-refractivity contribution in [1.29, 1.82) is 0 Å². The lowest BCUT2D eigenvalue weighted by molar-refractivity contribution is -0.156. The molecular formula is C17H25NO5. The smallest absolute Gasteiger partial charge is 0.334 e. The van der Waals surface area contributed by atoms with Crippen molar-refractivity contribution in [3.8, 4) is 0 Å². The summed E-state index contributed by atoms with van der Waals surface area (Å²) in [5.41, 5.74) is 0.181. The molecule has 0 spiro atoms. The van der Waals surface area contributed by atoms with Crippen molar-refractivity contribution in [2.24, 2.45) is 11.8 Å². The Morgan fingerprint density at radius 1 is 1.04 bits per heavy atom. The van der Waals surface area contributed by atoms with Crippen LogP contribution < -0.4 is 5.32 Å². The van der Waals surface area contributed by atoms with E-state index in [0.717, 1.165) is 25.9 Å². The minimum Gasteiger partial charge on any atom is -0.462 e. The zero-order chi connectivity index (χ0) is 16.2. The molecule has 1 unspecified atom stereocenters. The van der Waals surface area contributed by atoms with Gasteiger partial charge in [-0.25, -0.2) is 4.79 Å². The van der Waals surface area contributed by atoms with Gasteiger partial charge in [-0.15, -0.1) is 0 Å². The third-order valence-electron chi connectivity index (χ3n) is 5.01. The Morgan fingerprint density at radius 2 is 1.70 bits per heavy atom. The highest BCUT2D eigenvalue weighted by atomic mass is 16.6. The van der Waals surface area contributed by atoms with Crippen LogP contribution in [-0.2, 0) is 23.8 Å². The van der Waals surface area contributed by atoms with E-state index in [1.165, 1.54) is 0 Å². The average molecular weight is 323 g/mol. The molecule has 6 heteroatoms. The molecule has 2 saturated heterocycles. The van der Waals surface area contributed by atoms with Gasteiger partial charge in [0.25, 0.3) is 0 Å². The molecule has 3 fully saturated rings. The van der Waals surface area contributed by atoms with E-state index in [0.29, 0.717) is 37.9 Å². The van der Waals surface area contributed by atoms with Crippen LogP contribution in [0.5, 0.6) is 0 Å². The molecule has 2 bridgehead atoms. The summed E-state index contributed by atoms with van der Waals surface area (Å²) in [7, 11) is 0. The fourth-order valence-corrected chi connectivity index (χ4v) is 3.70. The summed E-state index contributed by atoms with van der Waals surface area (Å²) >= 11 is 0.